The molecule has 6 heteroatoms. The molecule has 0 aromatic carbocycles. The fourth-order valence-electron chi connectivity index (χ4n) is 1.64. The van der Waals surface area contributed by atoms with Crippen molar-refractivity contribution in [1.82, 2.24) is 20.0 Å². The minimum atomic E-state index is -0.182. The van der Waals surface area contributed by atoms with E-state index in [1.807, 2.05) is 25.9 Å². The van der Waals surface area contributed by atoms with Crippen molar-refractivity contribution in [2.45, 2.75) is 13.0 Å². The standard InChI is InChI=1S/C11H20N4O2/c1-8(7-14(2)3)12-11(16)9-6-10(17-5)15(4)13-9/h6,8H,7H2,1-5H3,(H,12,16)/t8-/m0/s1. The summed E-state index contributed by atoms with van der Waals surface area (Å²) in [6, 6.07) is 1.70. The Morgan fingerprint density at radius 2 is 2.29 bits per heavy atom. The van der Waals surface area contributed by atoms with Gasteiger partial charge in [-0.3, -0.25) is 4.79 Å². The first-order valence-corrected chi connectivity index (χ1v) is 5.47. The number of likely N-dealkylation sites (N-methyl/N-ethyl adjacent to an activating group) is 1. The van der Waals surface area contributed by atoms with Gasteiger partial charge in [0, 0.05) is 25.7 Å². The van der Waals surface area contributed by atoms with Gasteiger partial charge in [-0.15, -0.1) is 0 Å². The van der Waals surface area contributed by atoms with Crippen molar-refractivity contribution in [1.29, 1.82) is 0 Å². The quantitative estimate of drug-likeness (QED) is 0.793. The molecule has 96 valence electrons. The average Bonchev–Trinajstić information content (AvgIpc) is 2.58. The van der Waals surface area contributed by atoms with E-state index < -0.39 is 0 Å². The van der Waals surface area contributed by atoms with E-state index in [2.05, 4.69) is 10.4 Å². The second-order valence-corrected chi connectivity index (χ2v) is 4.33. The Kier molecular flexibility index (Phi) is 4.51. The van der Waals surface area contributed by atoms with E-state index >= 15 is 0 Å². The van der Waals surface area contributed by atoms with Crippen LogP contribution < -0.4 is 10.1 Å². The molecule has 0 radical (unpaired) electrons. The van der Waals surface area contributed by atoms with Gasteiger partial charge in [-0.1, -0.05) is 0 Å². The number of aryl methyl sites for hydroxylation is 1. The van der Waals surface area contributed by atoms with Gasteiger partial charge < -0.3 is 15.0 Å². The highest BCUT2D eigenvalue weighted by atomic mass is 16.5. The summed E-state index contributed by atoms with van der Waals surface area (Å²) in [5, 5.41) is 6.96. The van der Waals surface area contributed by atoms with Crippen molar-refractivity contribution in [3.8, 4) is 5.88 Å². The Bertz CT molecular complexity index is 387. The minimum Gasteiger partial charge on any atom is -0.481 e. The number of hydrogen-bond acceptors (Lipinski definition) is 4. The number of hydrogen-bond donors (Lipinski definition) is 1. The summed E-state index contributed by atoms with van der Waals surface area (Å²) in [6.45, 7) is 2.74. The molecule has 0 aliphatic carbocycles. The molecule has 1 atom stereocenters. The van der Waals surface area contributed by atoms with E-state index in [-0.39, 0.29) is 11.9 Å². The van der Waals surface area contributed by atoms with Crippen molar-refractivity contribution in [2.24, 2.45) is 7.05 Å². The summed E-state index contributed by atoms with van der Waals surface area (Å²) in [6.07, 6.45) is 0. The van der Waals surface area contributed by atoms with Crippen LogP contribution >= 0.6 is 0 Å². The van der Waals surface area contributed by atoms with Crippen LogP contribution in [0.15, 0.2) is 6.07 Å². The average molecular weight is 240 g/mol. The molecule has 1 heterocycles. The van der Waals surface area contributed by atoms with Crippen molar-refractivity contribution in [3.05, 3.63) is 11.8 Å². The molecule has 0 aliphatic rings. The Labute approximate surface area is 102 Å². The number of rotatable bonds is 5. The first-order chi connectivity index (χ1) is 7.93. The largest absolute Gasteiger partial charge is 0.481 e. The fraction of sp³-hybridized carbons (Fsp3) is 0.636. The smallest absolute Gasteiger partial charge is 0.272 e. The number of nitrogens with one attached hydrogen (secondary N) is 1. The number of carbonyl (C=O) groups excluding carboxylic acids is 1. The van der Waals surface area contributed by atoms with Gasteiger partial charge in [0.2, 0.25) is 5.88 Å². The minimum absolute atomic E-state index is 0.0745. The van der Waals surface area contributed by atoms with Gasteiger partial charge in [0.1, 0.15) is 0 Å². The third-order valence-corrected chi connectivity index (χ3v) is 2.30. The molecule has 1 amide bonds. The molecule has 0 unspecified atom stereocenters. The predicted octanol–water partition coefficient (Wildman–Crippen LogP) is 0.109. The fourth-order valence-corrected chi connectivity index (χ4v) is 1.64. The number of ether oxygens (including phenoxy) is 1. The van der Waals surface area contributed by atoms with Gasteiger partial charge in [0.05, 0.1) is 7.11 Å². The van der Waals surface area contributed by atoms with E-state index in [9.17, 15) is 4.79 Å². The molecular formula is C11H20N4O2. The van der Waals surface area contributed by atoms with Crippen LogP contribution in [-0.4, -0.2) is 54.4 Å². The third-order valence-electron chi connectivity index (χ3n) is 2.30. The van der Waals surface area contributed by atoms with Gasteiger partial charge in [0.15, 0.2) is 5.69 Å². The molecule has 1 rings (SSSR count). The molecule has 0 bridgehead atoms. The van der Waals surface area contributed by atoms with Gasteiger partial charge in [0.25, 0.3) is 5.91 Å². The third kappa shape index (κ3) is 3.74. The van der Waals surface area contributed by atoms with E-state index in [1.54, 1.807) is 20.2 Å². The molecular weight excluding hydrogens is 220 g/mol. The van der Waals surface area contributed by atoms with E-state index in [1.165, 1.54) is 4.68 Å². The van der Waals surface area contributed by atoms with Crippen LogP contribution in [0.1, 0.15) is 17.4 Å². The highest BCUT2D eigenvalue weighted by Gasteiger charge is 2.15. The summed E-state index contributed by atoms with van der Waals surface area (Å²) in [5.41, 5.74) is 0.370. The summed E-state index contributed by atoms with van der Waals surface area (Å²) < 4.78 is 6.59. The number of methoxy groups -OCH3 is 1. The molecule has 0 spiro atoms. The van der Waals surface area contributed by atoms with Crippen LogP contribution in [0.3, 0.4) is 0 Å². The van der Waals surface area contributed by atoms with Crippen molar-refractivity contribution in [3.63, 3.8) is 0 Å². The summed E-state index contributed by atoms with van der Waals surface area (Å²) in [7, 11) is 7.21. The highest BCUT2D eigenvalue weighted by Crippen LogP contribution is 2.10. The van der Waals surface area contributed by atoms with Gasteiger partial charge >= 0.3 is 0 Å². The van der Waals surface area contributed by atoms with Crippen molar-refractivity contribution in [2.75, 3.05) is 27.7 Å². The zero-order valence-corrected chi connectivity index (χ0v) is 11.0. The second kappa shape index (κ2) is 5.67. The van der Waals surface area contributed by atoms with Gasteiger partial charge in [-0.2, -0.15) is 5.10 Å². The Balaban J connectivity index is 2.63. The lowest BCUT2D eigenvalue weighted by Crippen LogP contribution is -2.39. The van der Waals surface area contributed by atoms with E-state index in [4.69, 9.17) is 4.74 Å². The zero-order chi connectivity index (χ0) is 13.0. The molecule has 1 aromatic heterocycles. The second-order valence-electron chi connectivity index (χ2n) is 4.33. The molecule has 0 fully saturated rings. The maximum Gasteiger partial charge on any atom is 0.272 e. The molecule has 0 saturated heterocycles. The van der Waals surface area contributed by atoms with E-state index in [0.717, 1.165) is 6.54 Å². The molecule has 0 saturated carbocycles. The zero-order valence-electron chi connectivity index (χ0n) is 11.0. The molecule has 6 nitrogen and oxygen atoms in total. The normalized spacial score (nSPS) is 12.6. The molecule has 17 heavy (non-hydrogen) atoms. The maximum atomic E-state index is 11.9. The summed E-state index contributed by atoms with van der Waals surface area (Å²) in [4.78, 5) is 13.9. The first-order valence-electron chi connectivity index (χ1n) is 5.47. The Hall–Kier alpha value is -1.56. The van der Waals surface area contributed by atoms with E-state index in [0.29, 0.717) is 11.6 Å². The summed E-state index contributed by atoms with van der Waals surface area (Å²) in [5.74, 6) is 0.383. The molecule has 1 N–H and O–H groups in total. The van der Waals surface area contributed by atoms with Gasteiger partial charge in [-0.05, 0) is 21.0 Å². The Morgan fingerprint density at radius 3 is 2.76 bits per heavy atom. The molecule has 1 aromatic rings. The first kappa shape index (κ1) is 13.5. The van der Waals surface area contributed by atoms with Crippen molar-refractivity contribution < 1.29 is 9.53 Å². The van der Waals surface area contributed by atoms with Crippen LogP contribution in [0.2, 0.25) is 0 Å². The van der Waals surface area contributed by atoms with Crippen LogP contribution in [0.25, 0.3) is 0 Å². The number of aromatic nitrogens is 2. The summed E-state index contributed by atoms with van der Waals surface area (Å²) >= 11 is 0. The van der Waals surface area contributed by atoms with Crippen LogP contribution in [-0.2, 0) is 7.05 Å². The predicted molar refractivity (Wildman–Crippen MR) is 65.2 cm³/mol. The van der Waals surface area contributed by atoms with Gasteiger partial charge in [-0.25, -0.2) is 4.68 Å². The molecule has 0 aliphatic heterocycles. The lowest BCUT2D eigenvalue weighted by atomic mass is 10.3. The van der Waals surface area contributed by atoms with Crippen molar-refractivity contribution >= 4 is 5.91 Å². The topological polar surface area (TPSA) is 59.4 Å². The highest BCUT2D eigenvalue weighted by molar-refractivity contribution is 5.92. The Morgan fingerprint density at radius 1 is 1.65 bits per heavy atom. The number of amides is 1. The SMILES string of the molecule is COc1cc(C(=O)N[C@@H](C)CN(C)C)nn1C. The van der Waals surface area contributed by atoms with Crippen LogP contribution in [0.4, 0.5) is 0 Å². The van der Waals surface area contributed by atoms with Crippen LogP contribution in [0.5, 0.6) is 5.88 Å². The number of nitrogens with zero attached hydrogens (tertiary/aromatic N) is 3. The lowest BCUT2D eigenvalue weighted by molar-refractivity contribution is 0.0928. The number of carbonyl (C=O) groups is 1. The monoisotopic (exact) mass is 240 g/mol. The maximum absolute atomic E-state index is 11.9. The van der Waals surface area contributed by atoms with Crippen LogP contribution in [0, 0.1) is 0 Å². The lowest BCUT2D eigenvalue weighted by Gasteiger charge is -2.17.